The zero-order valence-corrected chi connectivity index (χ0v) is 13.2. The molecule has 2 aromatic rings. The van der Waals surface area contributed by atoms with Crippen molar-refractivity contribution in [3.8, 4) is 5.75 Å². The van der Waals surface area contributed by atoms with Crippen molar-refractivity contribution in [1.82, 2.24) is 4.90 Å². The average Bonchev–Trinajstić information content (AvgIpc) is 2.58. The van der Waals surface area contributed by atoms with Crippen LogP contribution < -0.4 is 9.64 Å². The molecule has 0 aliphatic carbocycles. The van der Waals surface area contributed by atoms with Gasteiger partial charge in [-0.25, -0.2) is 0 Å². The molecule has 3 rings (SSSR count). The summed E-state index contributed by atoms with van der Waals surface area (Å²) >= 11 is 0. The highest BCUT2D eigenvalue weighted by atomic mass is 16.5. The highest BCUT2D eigenvalue weighted by molar-refractivity contribution is 5.46. The van der Waals surface area contributed by atoms with E-state index in [1.165, 1.54) is 11.3 Å². The number of rotatable bonds is 5. The maximum Gasteiger partial charge on any atom is 0.119 e. The lowest BCUT2D eigenvalue weighted by molar-refractivity contribution is 0.200. The van der Waals surface area contributed by atoms with Crippen LogP contribution in [0.15, 0.2) is 54.6 Å². The highest BCUT2D eigenvalue weighted by Gasteiger charge is 2.16. The van der Waals surface area contributed by atoms with E-state index >= 15 is 0 Å². The second kappa shape index (κ2) is 7.32. The van der Waals surface area contributed by atoms with Crippen LogP contribution in [-0.2, 0) is 0 Å². The van der Waals surface area contributed by atoms with Crippen molar-refractivity contribution in [1.29, 1.82) is 0 Å². The van der Waals surface area contributed by atoms with Crippen LogP contribution in [-0.4, -0.2) is 44.2 Å². The molecule has 0 unspecified atom stereocenters. The molecule has 3 heteroatoms. The van der Waals surface area contributed by atoms with Crippen LogP contribution in [0.1, 0.15) is 5.56 Å². The minimum Gasteiger partial charge on any atom is -0.492 e. The quantitative estimate of drug-likeness (QED) is 0.843. The van der Waals surface area contributed by atoms with Crippen LogP contribution in [0.4, 0.5) is 5.69 Å². The fourth-order valence-corrected chi connectivity index (χ4v) is 2.80. The monoisotopic (exact) mass is 296 g/mol. The number of hydrogen-bond donors (Lipinski definition) is 0. The van der Waals surface area contributed by atoms with Crippen molar-refractivity contribution in [3.05, 3.63) is 60.2 Å². The first-order chi connectivity index (χ1) is 10.8. The molecule has 1 fully saturated rings. The molecule has 0 saturated carbocycles. The molecule has 0 amide bonds. The lowest BCUT2D eigenvalue weighted by atomic mass is 10.2. The molecule has 1 aliphatic heterocycles. The number of ether oxygens (including phenoxy) is 1. The van der Waals surface area contributed by atoms with Gasteiger partial charge in [-0.3, -0.25) is 4.90 Å². The molecular weight excluding hydrogens is 272 g/mol. The summed E-state index contributed by atoms with van der Waals surface area (Å²) in [6.07, 6.45) is 0. The molecule has 0 radical (unpaired) electrons. The Kier molecular flexibility index (Phi) is 4.96. The van der Waals surface area contributed by atoms with Crippen LogP contribution in [0, 0.1) is 6.92 Å². The van der Waals surface area contributed by atoms with Crippen molar-refractivity contribution < 1.29 is 4.74 Å². The highest BCUT2D eigenvalue weighted by Crippen LogP contribution is 2.15. The Morgan fingerprint density at radius 1 is 0.864 bits per heavy atom. The summed E-state index contributed by atoms with van der Waals surface area (Å²) in [5.74, 6) is 0.966. The first-order valence-electron chi connectivity index (χ1n) is 8.03. The number of para-hydroxylation sites is 1. The SMILES string of the molecule is Cc1ccc(OCCN2CCN(c3ccccc3)CC2)cc1. The molecule has 3 nitrogen and oxygen atoms in total. The number of hydrogen-bond acceptors (Lipinski definition) is 3. The molecule has 0 spiro atoms. The van der Waals surface area contributed by atoms with E-state index in [1.807, 2.05) is 12.1 Å². The van der Waals surface area contributed by atoms with Crippen molar-refractivity contribution in [2.24, 2.45) is 0 Å². The van der Waals surface area contributed by atoms with Gasteiger partial charge >= 0.3 is 0 Å². The number of aryl methyl sites for hydroxylation is 1. The topological polar surface area (TPSA) is 15.7 Å². The largest absolute Gasteiger partial charge is 0.492 e. The van der Waals surface area contributed by atoms with Crippen LogP contribution >= 0.6 is 0 Å². The molecule has 0 atom stereocenters. The van der Waals surface area contributed by atoms with Gasteiger partial charge < -0.3 is 9.64 Å². The van der Waals surface area contributed by atoms with E-state index in [1.54, 1.807) is 0 Å². The van der Waals surface area contributed by atoms with Crippen molar-refractivity contribution in [3.63, 3.8) is 0 Å². The summed E-state index contributed by atoms with van der Waals surface area (Å²) < 4.78 is 5.82. The van der Waals surface area contributed by atoms with Gasteiger partial charge in [0.15, 0.2) is 0 Å². The first-order valence-corrected chi connectivity index (χ1v) is 8.03. The van der Waals surface area contributed by atoms with Gasteiger partial charge in [0, 0.05) is 38.4 Å². The van der Waals surface area contributed by atoms with Crippen LogP contribution in [0.2, 0.25) is 0 Å². The van der Waals surface area contributed by atoms with Gasteiger partial charge in [-0.15, -0.1) is 0 Å². The van der Waals surface area contributed by atoms with Gasteiger partial charge in [0.1, 0.15) is 12.4 Å². The molecule has 0 bridgehead atoms. The van der Waals surface area contributed by atoms with E-state index in [-0.39, 0.29) is 0 Å². The molecule has 0 N–H and O–H groups in total. The van der Waals surface area contributed by atoms with Crippen LogP contribution in [0.3, 0.4) is 0 Å². The van der Waals surface area contributed by atoms with E-state index in [0.29, 0.717) is 0 Å². The lowest BCUT2D eigenvalue weighted by Crippen LogP contribution is -2.47. The van der Waals surface area contributed by atoms with E-state index in [9.17, 15) is 0 Å². The average molecular weight is 296 g/mol. The van der Waals surface area contributed by atoms with Crippen LogP contribution in [0.25, 0.3) is 0 Å². The zero-order valence-electron chi connectivity index (χ0n) is 13.2. The minimum atomic E-state index is 0.758. The van der Waals surface area contributed by atoms with Crippen LogP contribution in [0.5, 0.6) is 5.75 Å². The Hall–Kier alpha value is -2.00. The summed E-state index contributed by atoms with van der Waals surface area (Å²) in [7, 11) is 0. The van der Waals surface area contributed by atoms with Gasteiger partial charge in [-0.2, -0.15) is 0 Å². The van der Waals surface area contributed by atoms with Crippen molar-refractivity contribution in [2.75, 3.05) is 44.2 Å². The third-order valence-electron chi connectivity index (χ3n) is 4.19. The molecular formula is C19H24N2O. The molecule has 1 aliphatic rings. The molecule has 0 aromatic heterocycles. The van der Waals surface area contributed by atoms with E-state index in [2.05, 4.69) is 59.2 Å². The van der Waals surface area contributed by atoms with Gasteiger partial charge in [0.25, 0.3) is 0 Å². The smallest absolute Gasteiger partial charge is 0.119 e. The molecule has 1 saturated heterocycles. The van der Waals surface area contributed by atoms with Crippen molar-refractivity contribution >= 4 is 5.69 Å². The fraction of sp³-hybridized carbons (Fsp3) is 0.368. The predicted octanol–water partition coefficient (Wildman–Crippen LogP) is 3.20. The van der Waals surface area contributed by atoms with Gasteiger partial charge in [0.2, 0.25) is 0 Å². The van der Waals surface area contributed by atoms with Gasteiger partial charge in [0.05, 0.1) is 0 Å². The summed E-state index contributed by atoms with van der Waals surface area (Å²) in [5.41, 5.74) is 2.60. The summed E-state index contributed by atoms with van der Waals surface area (Å²) in [6.45, 7) is 8.24. The van der Waals surface area contributed by atoms with E-state index in [0.717, 1.165) is 45.1 Å². The predicted molar refractivity (Wildman–Crippen MR) is 91.8 cm³/mol. The normalized spacial score (nSPS) is 15.8. The number of nitrogens with zero attached hydrogens (tertiary/aromatic N) is 2. The maximum atomic E-state index is 5.82. The number of benzene rings is 2. The van der Waals surface area contributed by atoms with Crippen molar-refractivity contribution in [2.45, 2.75) is 6.92 Å². The third kappa shape index (κ3) is 4.01. The van der Waals surface area contributed by atoms with Gasteiger partial charge in [-0.05, 0) is 31.2 Å². The van der Waals surface area contributed by atoms with E-state index in [4.69, 9.17) is 4.74 Å². The second-order valence-electron chi connectivity index (χ2n) is 5.83. The Bertz CT molecular complexity index is 560. The Labute approximate surface area is 133 Å². The Morgan fingerprint density at radius 3 is 2.23 bits per heavy atom. The molecule has 116 valence electrons. The molecule has 22 heavy (non-hydrogen) atoms. The Morgan fingerprint density at radius 2 is 1.55 bits per heavy atom. The lowest BCUT2D eigenvalue weighted by Gasteiger charge is -2.36. The zero-order chi connectivity index (χ0) is 15.2. The standard InChI is InChI=1S/C19H24N2O/c1-17-7-9-19(10-8-17)22-16-15-20-11-13-21(14-12-20)18-5-3-2-4-6-18/h2-10H,11-16H2,1H3. The summed E-state index contributed by atoms with van der Waals surface area (Å²) in [6, 6.07) is 18.9. The Balaban J connectivity index is 1.40. The number of anilines is 1. The fourth-order valence-electron chi connectivity index (χ4n) is 2.80. The second-order valence-corrected chi connectivity index (χ2v) is 5.83. The number of piperazine rings is 1. The maximum absolute atomic E-state index is 5.82. The minimum absolute atomic E-state index is 0.758. The molecule has 1 heterocycles. The first kappa shape index (κ1) is 14.9. The third-order valence-corrected chi connectivity index (χ3v) is 4.19. The molecule has 2 aromatic carbocycles. The summed E-state index contributed by atoms with van der Waals surface area (Å²) in [4.78, 5) is 4.94. The summed E-state index contributed by atoms with van der Waals surface area (Å²) in [5, 5.41) is 0. The van der Waals surface area contributed by atoms with Gasteiger partial charge in [-0.1, -0.05) is 35.9 Å². The van der Waals surface area contributed by atoms with E-state index < -0.39 is 0 Å².